The fraction of sp³-hybridized carbons (Fsp3) is 0.167. The molecule has 0 aliphatic rings. The van der Waals surface area contributed by atoms with Gasteiger partial charge in [0.1, 0.15) is 11.2 Å². The number of aliphatic imine (C=N–C) groups is 1. The molecular weight excluding hydrogens is 475 g/mol. The molecule has 0 bridgehead atoms. The van der Waals surface area contributed by atoms with Crippen LogP contribution in [0.1, 0.15) is 39.2 Å². The Labute approximate surface area is 217 Å². The molecule has 3 aromatic heterocycles. The quantitative estimate of drug-likeness (QED) is 0.0921. The second-order valence-corrected chi connectivity index (χ2v) is 8.79. The predicted molar refractivity (Wildman–Crippen MR) is 141 cm³/mol. The van der Waals surface area contributed by atoms with Gasteiger partial charge in [0.15, 0.2) is 11.9 Å². The van der Waals surface area contributed by atoms with E-state index in [1.54, 1.807) is 0 Å². The van der Waals surface area contributed by atoms with Crippen LogP contribution in [0.15, 0.2) is 78.0 Å². The Morgan fingerprint density at radius 2 is 1.43 bits per heavy atom. The molecule has 0 atom stereocenters. The minimum atomic E-state index is 0. The third kappa shape index (κ3) is 4.87. The van der Waals surface area contributed by atoms with Crippen LogP contribution in [-0.2, 0) is 16.5 Å². The van der Waals surface area contributed by atoms with E-state index in [4.69, 9.17) is 9.98 Å². The molecule has 3 heterocycles. The zero-order valence-corrected chi connectivity index (χ0v) is 22.0. The first-order chi connectivity index (χ1) is 15.9. The van der Waals surface area contributed by atoms with Crippen molar-refractivity contribution >= 4 is 27.9 Å². The van der Waals surface area contributed by atoms with E-state index >= 15 is 0 Å². The van der Waals surface area contributed by atoms with Crippen LogP contribution in [0.3, 0.4) is 0 Å². The summed E-state index contributed by atoms with van der Waals surface area (Å²) in [4.78, 5) is 15.1. The second kappa shape index (κ2) is 10.5. The van der Waals surface area contributed by atoms with Crippen molar-refractivity contribution in [3.05, 3.63) is 120 Å². The van der Waals surface area contributed by atoms with Crippen molar-refractivity contribution in [2.45, 2.75) is 34.6 Å². The Morgan fingerprint density at radius 1 is 0.771 bits per heavy atom. The molecule has 5 aromatic rings. The molecular formula is C30H30N4Ni. The standard InChI is InChI=1S/C29H27N4.CH3.Ni/c1-18-14-20(3)26(21(4)15-18)31-28(23-10-6-8-12-30-23)29-24-11-7-9-13-33(24)25-17-19(2)16-22(5)27(25)32-29;;/h6-17H,1-5H3;1H3;/q+1;-1;. The van der Waals surface area contributed by atoms with Crippen molar-refractivity contribution in [3.8, 4) is 0 Å². The van der Waals surface area contributed by atoms with E-state index in [1.807, 2.05) is 30.5 Å². The summed E-state index contributed by atoms with van der Waals surface area (Å²) in [7, 11) is 0. The molecule has 0 aliphatic carbocycles. The Bertz CT molecular complexity index is 1530. The first-order valence-corrected chi connectivity index (χ1v) is 11.2. The van der Waals surface area contributed by atoms with Crippen LogP contribution in [0, 0.1) is 42.0 Å². The van der Waals surface area contributed by atoms with E-state index < -0.39 is 0 Å². The van der Waals surface area contributed by atoms with Crippen molar-refractivity contribution in [2.75, 3.05) is 0 Å². The number of benzene rings is 2. The van der Waals surface area contributed by atoms with Crippen LogP contribution >= 0.6 is 0 Å². The average Bonchev–Trinajstić information content (AvgIpc) is 2.79. The Morgan fingerprint density at radius 3 is 2.11 bits per heavy atom. The van der Waals surface area contributed by atoms with Crippen LogP contribution in [0.4, 0.5) is 5.69 Å². The van der Waals surface area contributed by atoms with Gasteiger partial charge >= 0.3 is 0 Å². The Kier molecular flexibility index (Phi) is 7.82. The van der Waals surface area contributed by atoms with Gasteiger partial charge in [0.2, 0.25) is 11.0 Å². The number of aryl methyl sites for hydroxylation is 5. The van der Waals surface area contributed by atoms with Crippen LogP contribution < -0.4 is 4.40 Å². The third-order valence-electron chi connectivity index (χ3n) is 6.00. The summed E-state index contributed by atoms with van der Waals surface area (Å²) >= 11 is 0. The van der Waals surface area contributed by atoms with E-state index in [9.17, 15) is 0 Å². The summed E-state index contributed by atoms with van der Waals surface area (Å²) in [6, 6.07) is 20.9. The third-order valence-corrected chi connectivity index (χ3v) is 6.00. The van der Waals surface area contributed by atoms with Crippen molar-refractivity contribution in [2.24, 2.45) is 4.99 Å². The molecule has 5 heteroatoms. The summed E-state index contributed by atoms with van der Waals surface area (Å²) in [5.41, 5.74) is 12.3. The van der Waals surface area contributed by atoms with Gasteiger partial charge in [-0.05, 0) is 75.1 Å². The second-order valence-electron chi connectivity index (χ2n) is 8.79. The molecule has 0 radical (unpaired) electrons. The van der Waals surface area contributed by atoms with E-state index in [0.29, 0.717) is 0 Å². The molecule has 180 valence electrons. The summed E-state index contributed by atoms with van der Waals surface area (Å²) in [5.74, 6) is 0. The molecule has 0 saturated heterocycles. The van der Waals surface area contributed by atoms with Gasteiger partial charge in [-0.3, -0.25) is 4.98 Å². The van der Waals surface area contributed by atoms with Crippen LogP contribution in [-0.4, -0.2) is 15.7 Å². The van der Waals surface area contributed by atoms with Gasteiger partial charge in [0, 0.05) is 40.9 Å². The fourth-order valence-corrected chi connectivity index (χ4v) is 4.65. The normalized spacial score (nSPS) is 11.3. The first-order valence-electron chi connectivity index (χ1n) is 11.2. The van der Waals surface area contributed by atoms with Crippen molar-refractivity contribution in [3.63, 3.8) is 0 Å². The summed E-state index contributed by atoms with van der Waals surface area (Å²) in [6.45, 7) is 10.6. The molecule has 35 heavy (non-hydrogen) atoms. The van der Waals surface area contributed by atoms with E-state index in [2.05, 4.69) is 86.6 Å². The number of pyridine rings is 2. The number of fused-ring (bicyclic) bond motifs is 3. The Hall–Kier alpha value is -3.43. The molecule has 5 rings (SSSR count). The zero-order chi connectivity index (χ0) is 23.1. The smallest absolute Gasteiger partial charge is 0.239 e. The van der Waals surface area contributed by atoms with Crippen LogP contribution in [0.25, 0.3) is 16.6 Å². The zero-order valence-electron chi connectivity index (χ0n) is 21.0. The van der Waals surface area contributed by atoms with Gasteiger partial charge in [-0.1, -0.05) is 29.8 Å². The van der Waals surface area contributed by atoms with E-state index in [-0.39, 0.29) is 23.9 Å². The number of hydrogen-bond donors (Lipinski definition) is 0. The predicted octanol–water partition coefficient (Wildman–Crippen LogP) is 6.53. The molecule has 0 spiro atoms. The molecule has 4 nitrogen and oxygen atoms in total. The van der Waals surface area contributed by atoms with Gasteiger partial charge in [0.25, 0.3) is 0 Å². The number of nitrogens with zero attached hydrogens (tertiary/aromatic N) is 4. The Balaban J connectivity index is 0.00000171. The number of rotatable bonds is 3. The van der Waals surface area contributed by atoms with Crippen LogP contribution in [0.2, 0.25) is 0 Å². The number of aromatic nitrogens is 3. The van der Waals surface area contributed by atoms with Crippen molar-refractivity contribution in [1.29, 1.82) is 0 Å². The average molecular weight is 505 g/mol. The fourth-order valence-electron chi connectivity index (χ4n) is 4.65. The van der Waals surface area contributed by atoms with Crippen LogP contribution in [0.5, 0.6) is 0 Å². The molecule has 0 aliphatic heterocycles. The molecule has 0 saturated carbocycles. The van der Waals surface area contributed by atoms with Crippen molar-refractivity contribution in [1.82, 2.24) is 9.97 Å². The molecule has 0 N–H and O–H groups in total. The number of hydrogen-bond acceptors (Lipinski definition) is 3. The van der Waals surface area contributed by atoms with Crippen molar-refractivity contribution < 1.29 is 20.9 Å². The maximum Gasteiger partial charge on any atom is 0.239 e. The van der Waals surface area contributed by atoms with Gasteiger partial charge in [-0.15, -0.1) is 0 Å². The summed E-state index contributed by atoms with van der Waals surface area (Å²) in [5, 5.41) is 0. The van der Waals surface area contributed by atoms with E-state index in [1.165, 1.54) is 11.1 Å². The maximum absolute atomic E-state index is 5.22. The van der Waals surface area contributed by atoms with Gasteiger partial charge in [-0.2, -0.15) is 4.40 Å². The SMILES string of the molecule is Cc1cc(C)c(N=C(c2ccccn2)c2nc3c(C)cc(C)cc3[n+]3ccccc23)c(C)c1.[CH3-].[Ni]. The van der Waals surface area contributed by atoms with Gasteiger partial charge < -0.3 is 7.43 Å². The molecule has 2 aromatic carbocycles. The summed E-state index contributed by atoms with van der Waals surface area (Å²) in [6.07, 6.45) is 3.91. The monoisotopic (exact) mass is 504 g/mol. The molecule has 0 fully saturated rings. The topological polar surface area (TPSA) is 42.2 Å². The molecule has 0 amide bonds. The van der Waals surface area contributed by atoms with Gasteiger partial charge in [-0.25, -0.2) is 9.98 Å². The maximum atomic E-state index is 5.22. The minimum absolute atomic E-state index is 0. The summed E-state index contributed by atoms with van der Waals surface area (Å²) < 4.78 is 2.21. The van der Waals surface area contributed by atoms with E-state index in [0.717, 1.165) is 56.0 Å². The van der Waals surface area contributed by atoms with Gasteiger partial charge in [0.05, 0.1) is 11.4 Å². The first kappa shape index (κ1) is 26.2. The largest absolute Gasteiger partial charge is 0.358 e. The molecule has 0 unspecified atom stereocenters. The minimum Gasteiger partial charge on any atom is -0.358 e.